The lowest BCUT2D eigenvalue weighted by Crippen LogP contribution is -2.20. The first-order valence-electron chi connectivity index (χ1n) is 7.78. The van der Waals surface area contributed by atoms with Gasteiger partial charge in [0.25, 0.3) is 0 Å². The molecule has 2 nitrogen and oxygen atoms in total. The van der Waals surface area contributed by atoms with E-state index in [2.05, 4.69) is 13.2 Å². The van der Waals surface area contributed by atoms with E-state index in [0.29, 0.717) is 12.8 Å². The van der Waals surface area contributed by atoms with Gasteiger partial charge in [-0.3, -0.25) is 0 Å². The number of rotatable bonds is 6. The van der Waals surface area contributed by atoms with E-state index in [0.717, 1.165) is 22.3 Å². The highest BCUT2D eigenvalue weighted by Crippen LogP contribution is 2.42. The fraction of sp³-hybridized carbons (Fsp3) is 0.238. The van der Waals surface area contributed by atoms with E-state index in [9.17, 15) is 10.2 Å². The van der Waals surface area contributed by atoms with E-state index in [-0.39, 0.29) is 11.5 Å². The highest BCUT2D eigenvalue weighted by molar-refractivity contribution is 5.54. The van der Waals surface area contributed by atoms with Gasteiger partial charge in [-0.1, -0.05) is 62.4 Å². The molecule has 2 N–H and O–H groups in total. The number of phenolic OH excluding ortho intramolecular Hbond substituents is 2. The molecule has 2 aromatic rings. The first kappa shape index (κ1) is 16.9. The number of allylic oxidation sites excluding steroid dienone is 2. The zero-order chi connectivity index (χ0) is 17.0. The Morgan fingerprint density at radius 2 is 1.22 bits per heavy atom. The molecule has 0 radical (unpaired) electrons. The van der Waals surface area contributed by atoms with E-state index in [1.807, 2.05) is 50.2 Å². The van der Waals surface area contributed by atoms with Crippen LogP contribution < -0.4 is 0 Å². The maximum absolute atomic E-state index is 10.6. The van der Waals surface area contributed by atoms with Crippen LogP contribution in [0.5, 0.6) is 11.5 Å². The molecular formula is C21H24O2. The molecule has 0 saturated heterocycles. The number of benzene rings is 2. The normalized spacial score (nSPS) is 11.2. The van der Waals surface area contributed by atoms with Crippen molar-refractivity contribution in [2.45, 2.75) is 32.1 Å². The summed E-state index contributed by atoms with van der Waals surface area (Å²) in [7, 11) is 0. The smallest absolute Gasteiger partial charge is 0.123 e. The van der Waals surface area contributed by atoms with Crippen LogP contribution in [0.15, 0.2) is 61.7 Å². The van der Waals surface area contributed by atoms with Crippen molar-refractivity contribution in [2.75, 3.05) is 0 Å². The predicted octanol–water partition coefficient (Wildman–Crippen LogP) is 4.88. The third-order valence-electron chi connectivity index (χ3n) is 4.31. The van der Waals surface area contributed by atoms with E-state index in [4.69, 9.17) is 0 Å². The van der Waals surface area contributed by atoms with Gasteiger partial charge in [-0.25, -0.2) is 0 Å². The molecule has 0 aliphatic carbocycles. The monoisotopic (exact) mass is 308 g/mol. The Labute approximate surface area is 138 Å². The van der Waals surface area contributed by atoms with Gasteiger partial charge in [0.05, 0.1) is 0 Å². The molecule has 0 aliphatic rings. The molecule has 0 fully saturated rings. The Morgan fingerprint density at radius 3 is 1.57 bits per heavy atom. The third kappa shape index (κ3) is 3.16. The zero-order valence-corrected chi connectivity index (χ0v) is 13.8. The second-order valence-corrected chi connectivity index (χ2v) is 6.24. The van der Waals surface area contributed by atoms with Gasteiger partial charge >= 0.3 is 0 Å². The predicted molar refractivity (Wildman–Crippen MR) is 96.1 cm³/mol. The van der Waals surface area contributed by atoms with Crippen LogP contribution in [-0.2, 0) is 18.3 Å². The van der Waals surface area contributed by atoms with Gasteiger partial charge in [-0.05, 0) is 24.0 Å². The van der Waals surface area contributed by atoms with Crippen LogP contribution in [0, 0.1) is 0 Å². The molecule has 0 unspecified atom stereocenters. The van der Waals surface area contributed by atoms with Crippen molar-refractivity contribution in [1.82, 2.24) is 0 Å². The molecule has 2 heteroatoms. The Hall–Kier alpha value is -2.48. The van der Waals surface area contributed by atoms with Gasteiger partial charge in [0, 0.05) is 16.5 Å². The van der Waals surface area contributed by atoms with Gasteiger partial charge in [0.1, 0.15) is 11.5 Å². The lowest BCUT2D eigenvalue weighted by atomic mass is 9.76. The van der Waals surface area contributed by atoms with Crippen LogP contribution in [0.2, 0.25) is 0 Å². The summed E-state index contributed by atoms with van der Waals surface area (Å²) in [5.74, 6) is 0.539. The fourth-order valence-corrected chi connectivity index (χ4v) is 2.98. The summed E-state index contributed by atoms with van der Waals surface area (Å²) in [5, 5.41) is 21.3. The summed E-state index contributed by atoms with van der Waals surface area (Å²) in [4.78, 5) is 0. The second kappa shape index (κ2) is 6.74. The van der Waals surface area contributed by atoms with Crippen molar-refractivity contribution in [3.8, 4) is 11.5 Å². The highest BCUT2D eigenvalue weighted by atomic mass is 16.3. The minimum absolute atomic E-state index is 0.269. The lowest BCUT2D eigenvalue weighted by molar-refractivity contribution is 0.430. The van der Waals surface area contributed by atoms with Gasteiger partial charge in [-0.15, -0.1) is 13.2 Å². The minimum atomic E-state index is -0.525. The maximum Gasteiger partial charge on any atom is 0.123 e. The topological polar surface area (TPSA) is 40.5 Å². The quantitative estimate of drug-likeness (QED) is 0.747. The number of hydrogen-bond acceptors (Lipinski definition) is 2. The number of aromatic hydroxyl groups is 2. The largest absolute Gasteiger partial charge is 0.507 e. The van der Waals surface area contributed by atoms with Crippen molar-refractivity contribution >= 4 is 0 Å². The van der Waals surface area contributed by atoms with Crippen LogP contribution in [0.3, 0.4) is 0 Å². The molecule has 0 heterocycles. The van der Waals surface area contributed by atoms with Gasteiger partial charge < -0.3 is 10.2 Å². The summed E-state index contributed by atoms with van der Waals surface area (Å²) in [6.45, 7) is 11.5. The van der Waals surface area contributed by atoms with E-state index < -0.39 is 5.41 Å². The molecule has 120 valence electrons. The van der Waals surface area contributed by atoms with Crippen molar-refractivity contribution < 1.29 is 10.2 Å². The van der Waals surface area contributed by atoms with Crippen molar-refractivity contribution in [2.24, 2.45) is 0 Å². The summed E-state index contributed by atoms with van der Waals surface area (Å²) >= 11 is 0. The number of phenols is 2. The molecule has 0 bridgehead atoms. The highest BCUT2D eigenvalue weighted by Gasteiger charge is 2.30. The molecule has 2 aromatic carbocycles. The molecule has 0 aromatic heterocycles. The van der Waals surface area contributed by atoms with Crippen molar-refractivity contribution in [3.05, 3.63) is 84.0 Å². The van der Waals surface area contributed by atoms with Crippen LogP contribution in [0.25, 0.3) is 0 Å². The molecule has 0 spiro atoms. The Balaban J connectivity index is 2.59. The summed E-state index contributed by atoms with van der Waals surface area (Å²) in [6, 6.07) is 11.5. The minimum Gasteiger partial charge on any atom is -0.507 e. The number of hydrogen-bond donors (Lipinski definition) is 2. The average Bonchev–Trinajstić information content (AvgIpc) is 2.51. The SMILES string of the molecule is C=CCc1cccc(C(C)(C)c2cccc(CC=C)c2O)c1O. The molecular weight excluding hydrogens is 284 g/mol. The summed E-state index contributed by atoms with van der Waals surface area (Å²) in [6.07, 6.45) is 4.76. The van der Waals surface area contributed by atoms with Crippen molar-refractivity contribution in [3.63, 3.8) is 0 Å². The molecule has 23 heavy (non-hydrogen) atoms. The van der Waals surface area contributed by atoms with Gasteiger partial charge in [-0.2, -0.15) is 0 Å². The lowest BCUT2D eigenvalue weighted by Gasteiger charge is -2.29. The van der Waals surface area contributed by atoms with Crippen LogP contribution in [0.4, 0.5) is 0 Å². The molecule has 2 rings (SSSR count). The van der Waals surface area contributed by atoms with Gasteiger partial charge in [0.15, 0.2) is 0 Å². The van der Waals surface area contributed by atoms with Crippen LogP contribution in [0.1, 0.15) is 36.1 Å². The zero-order valence-electron chi connectivity index (χ0n) is 13.8. The Bertz CT molecular complexity index is 665. The summed E-state index contributed by atoms with van der Waals surface area (Å²) < 4.78 is 0. The van der Waals surface area contributed by atoms with E-state index in [1.54, 1.807) is 12.2 Å². The van der Waals surface area contributed by atoms with E-state index >= 15 is 0 Å². The second-order valence-electron chi connectivity index (χ2n) is 6.24. The molecule has 0 saturated carbocycles. The number of para-hydroxylation sites is 2. The Kier molecular flexibility index (Phi) is 4.95. The fourth-order valence-electron chi connectivity index (χ4n) is 2.98. The van der Waals surface area contributed by atoms with Crippen molar-refractivity contribution in [1.29, 1.82) is 0 Å². The third-order valence-corrected chi connectivity index (χ3v) is 4.31. The van der Waals surface area contributed by atoms with Crippen LogP contribution >= 0.6 is 0 Å². The first-order chi connectivity index (χ1) is 10.9. The Morgan fingerprint density at radius 1 is 0.826 bits per heavy atom. The van der Waals surface area contributed by atoms with Crippen LogP contribution in [-0.4, -0.2) is 10.2 Å². The van der Waals surface area contributed by atoms with Gasteiger partial charge in [0.2, 0.25) is 0 Å². The maximum atomic E-state index is 10.6. The standard InChI is InChI=1S/C21H24O2/c1-5-9-15-11-7-13-17(19(15)22)21(3,4)18-14-8-12-16(10-6-2)20(18)23/h5-8,11-14,22-23H,1-2,9-10H2,3-4H3. The first-order valence-corrected chi connectivity index (χ1v) is 7.78. The average molecular weight is 308 g/mol. The summed E-state index contributed by atoms with van der Waals surface area (Å²) in [5.41, 5.74) is 2.74. The molecule has 0 amide bonds. The van der Waals surface area contributed by atoms with E-state index in [1.165, 1.54) is 0 Å². The molecule has 0 aliphatic heterocycles. The molecule has 0 atom stereocenters.